The highest BCUT2D eigenvalue weighted by Gasteiger charge is 2.21. The predicted molar refractivity (Wildman–Crippen MR) is 61.7 cm³/mol. The van der Waals surface area contributed by atoms with Gasteiger partial charge in [0.15, 0.2) is 0 Å². The number of hydrogen-bond acceptors (Lipinski definition) is 2. The van der Waals surface area contributed by atoms with Gasteiger partial charge in [-0.25, -0.2) is 0 Å². The van der Waals surface area contributed by atoms with Crippen molar-refractivity contribution in [3.63, 3.8) is 0 Å². The number of para-hydroxylation sites is 1. The summed E-state index contributed by atoms with van der Waals surface area (Å²) < 4.78 is 5.34. The van der Waals surface area contributed by atoms with Crippen LogP contribution in [-0.4, -0.2) is 18.3 Å². The zero-order valence-corrected chi connectivity index (χ0v) is 9.01. The van der Waals surface area contributed by atoms with Crippen LogP contribution in [0.2, 0.25) is 0 Å². The molecule has 0 saturated heterocycles. The molecule has 1 aromatic carbocycles. The smallest absolute Gasteiger partial charge is 0.263 e. The minimum atomic E-state index is 0.595. The van der Waals surface area contributed by atoms with Crippen LogP contribution in [0.25, 0.3) is 0 Å². The van der Waals surface area contributed by atoms with Crippen molar-refractivity contribution in [2.75, 3.05) is 18.1 Å². The maximum atomic E-state index is 5.34. The van der Waals surface area contributed by atoms with E-state index in [2.05, 4.69) is 23.1 Å². The summed E-state index contributed by atoms with van der Waals surface area (Å²) in [6.07, 6.45) is 1.06. The van der Waals surface area contributed by atoms with Crippen molar-refractivity contribution >= 4 is 23.1 Å². The Balaban J connectivity index is 2.21. The van der Waals surface area contributed by atoms with E-state index in [9.17, 15) is 0 Å². The maximum absolute atomic E-state index is 5.34. The van der Waals surface area contributed by atoms with E-state index in [4.69, 9.17) is 17.0 Å². The molecule has 0 N–H and O–H groups in total. The van der Waals surface area contributed by atoms with Crippen LogP contribution in [0.15, 0.2) is 24.3 Å². The summed E-state index contributed by atoms with van der Waals surface area (Å²) in [6, 6.07) is 8.33. The third-order valence-electron chi connectivity index (χ3n) is 2.38. The molecule has 0 spiro atoms. The molecule has 74 valence electrons. The van der Waals surface area contributed by atoms with Crippen LogP contribution in [0.4, 0.5) is 5.69 Å². The molecular weight excluding hydrogens is 194 g/mol. The highest BCUT2D eigenvalue weighted by molar-refractivity contribution is 7.80. The largest absolute Gasteiger partial charge is 0.471 e. The van der Waals surface area contributed by atoms with Crippen molar-refractivity contribution in [1.82, 2.24) is 0 Å². The Morgan fingerprint density at radius 1 is 1.50 bits per heavy atom. The van der Waals surface area contributed by atoms with Gasteiger partial charge in [0.05, 0.1) is 6.61 Å². The number of fused-ring (bicyclic) bond motifs is 1. The van der Waals surface area contributed by atoms with Gasteiger partial charge in [-0.15, -0.1) is 0 Å². The predicted octanol–water partition coefficient (Wildman–Crippen LogP) is 2.37. The highest BCUT2D eigenvalue weighted by Crippen LogP contribution is 2.27. The van der Waals surface area contributed by atoms with Crippen LogP contribution < -0.4 is 4.90 Å². The molecule has 0 unspecified atom stereocenters. The zero-order valence-electron chi connectivity index (χ0n) is 8.19. The Bertz CT molecular complexity index is 351. The Morgan fingerprint density at radius 3 is 3.07 bits per heavy atom. The first-order valence-electron chi connectivity index (χ1n) is 4.85. The van der Waals surface area contributed by atoms with Crippen LogP contribution in [0, 0.1) is 0 Å². The van der Waals surface area contributed by atoms with Crippen LogP contribution in [0.5, 0.6) is 0 Å². The number of benzene rings is 1. The van der Waals surface area contributed by atoms with Gasteiger partial charge in [-0.05, 0) is 37.2 Å². The lowest BCUT2D eigenvalue weighted by Crippen LogP contribution is -2.29. The monoisotopic (exact) mass is 207 g/mol. The zero-order chi connectivity index (χ0) is 9.97. The van der Waals surface area contributed by atoms with E-state index in [0.717, 1.165) is 13.0 Å². The molecule has 1 heterocycles. The Morgan fingerprint density at radius 2 is 2.29 bits per heavy atom. The van der Waals surface area contributed by atoms with Gasteiger partial charge in [0.2, 0.25) is 0 Å². The Labute approximate surface area is 89.5 Å². The van der Waals surface area contributed by atoms with E-state index >= 15 is 0 Å². The van der Waals surface area contributed by atoms with Gasteiger partial charge in [-0.1, -0.05) is 18.2 Å². The summed E-state index contributed by atoms with van der Waals surface area (Å²) in [6.45, 7) is 3.53. The van der Waals surface area contributed by atoms with Gasteiger partial charge in [0.1, 0.15) is 0 Å². The van der Waals surface area contributed by atoms with Gasteiger partial charge in [-0.3, -0.25) is 0 Å². The summed E-state index contributed by atoms with van der Waals surface area (Å²) in [7, 11) is 0. The second-order valence-electron chi connectivity index (χ2n) is 3.23. The standard InChI is InChI=1S/C11H13NOS/c1-2-13-11(14)12-8-7-9-5-3-4-6-10(9)12/h3-6H,2,7-8H2,1H3. The van der Waals surface area contributed by atoms with Gasteiger partial charge < -0.3 is 9.64 Å². The molecule has 0 bridgehead atoms. The number of nitrogens with zero attached hydrogens (tertiary/aromatic N) is 1. The molecule has 0 saturated carbocycles. The maximum Gasteiger partial charge on any atom is 0.263 e. The molecule has 0 radical (unpaired) electrons. The topological polar surface area (TPSA) is 12.5 Å². The van der Waals surface area contributed by atoms with Crippen molar-refractivity contribution in [1.29, 1.82) is 0 Å². The van der Waals surface area contributed by atoms with Crippen molar-refractivity contribution in [3.8, 4) is 0 Å². The van der Waals surface area contributed by atoms with Crippen molar-refractivity contribution in [2.24, 2.45) is 0 Å². The number of thiocarbonyl (C=S) groups is 1. The molecule has 0 amide bonds. The van der Waals surface area contributed by atoms with E-state index < -0.39 is 0 Å². The number of ether oxygens (including phenoxy) is 1. The SMILES string of the molecule is CCOC(=S)N1CCc2ccccc21. The molecule has 1 aromatic rings. The Kier molecular flexibility index (Phi) is 2.68. The molecule has 0 aromatic heterocycles. The second kappa shape index (κ2) is 3.96. The van der Waals surface area contributed by atoms with Gasteiger partial charge in [-0.2, -0.15) is 0 Å². The third-order valence-corrected chi connectivity index (χ3v) is 2.71. The molecule has 1 aliphatic heterocycles. The van der Waals surface area contributed by atoms with Gasteiger partial charge in [0.25, 0.3) is 5.17 Å². The Hall–Kier alpha value is -1.09. The normalized spacial score (nSPS) is 13.9. The van der Waals surface area contributed by atoms with Gasteiger partial charge >= 0.3 is 0 Å². The lowest BCUT2D eigenvalue weighted by atomic mass is 10.2. The van der Waals surface area contributed by atoms with E-state index in [-0.39, 0.29) is 0 Å². The summed E-state index contributed by atoms with van der Waals surface area (Å²) in [5.41, 5.74) is 2.56. The fourth-order valence-electron chi connectivity index (χ4n) is 1.73. The lowest BCUT2D eigenvalue weighted by molar-refractivity contribution is 0.328. The van der Waals surface area contributed by atoms with Crippen LogP contribution in [0.1, 0.15) is 12.5 Å². The molecule has 0 atom stereocenters. The van der Waals surface area contributed by atoms with E-state index in [1.165, 1.54) is 11.3 Å². The molecule has 2 nitrogen and oxygen atoms in total. The third kappa shape index (κ3) is 1.60. The number of anilines is 1. The lowest BCUT2D eigenvalue weighted by Gasteiger charge is -2.19. The van der Waals surface area contributed by atoms with Crippen LogP contribution in [-0.2, 0) is 11.2 Å². The summed E-state index contributed by atoms with van der Waals surface area (Å²) in [5, 5.41) is 0.595. The minimum absolute atomic E-state index is 0.595. The first kappa shape index (κ1) is 9.46. The molecule has 3 heteroatoms. The molecular formula is C11H13NOS. The molecule has 1 aliphatic rings. The second-order valence-corrected chi connectivity index (χ2v) is 3.58. The van der Waals surface area contributed by atoms with E-state index in [0.29, 0.717) is 11.8 Å². The fourth-order valence-corrected chi connectivity index (χ4v) is 2.04. The van der Waals surface area contributed by atoms with Crippen LogP contribution >= 0.6 is 12.2 Å². The summed E-state index contributed by atoms with van der Waals surface area (Å²) >= 11 is 5.19. The average molecular weight is 207 g/mol. The number of rotatable bonds is 1. The van der Waals surface area contributed by atoms with E-state index in [1.807, 2.05) is 13.0 Å². The van der Waals surface area contributed by atoms with Crippen molar-refractivity contribution < 1.29 is 4.74 Å². The minimum Gasteiger partial charge on any atom is -0.471 e. The first-order valence-corrected chi connectivity index (χ1v) is 5.26. The van der Waals surface area contributed by atoms with Gasteiger partial charge in [0, 0.05) is 12.2 Å². The summed E-state index contributed by atoms with van der Waals surface area (Å²) in [4.78, 5) is 2.06. The molecule has 14 heavy (non-hydrogen) atoms. The van der Waals surface area contributed by atoms with Crippen molar-refractivity contribution in [2.45, 2.75) is 13.3 Å². The molecule has 2 rings (SSSR count). The average Bonchev–Trinajstić information content (AvgIpc) is 2.61. The van der Waals surface area contributed by atoms with Crippen LogP contribution in [0.3, 0.4) is 0 Å². The first-order chi connectivity index (χ1) is 6.83. The number of hydrogen-bond donors (Lipinski definition) is 0. The summed E-state index contributed by atoms with van der Waals surface area (Å²) in [5.74, 6) is 0. The fraction of sp³-hybridized carbons (Fsp3) is 0.364. The molecule has 0 fully saturated rings. The quantitative estimate of drug-likeness (QED) is 0.656. The molecule has 0 aliphatic carbocycles. The van der Waals surface area contributed by atoms with Crippen molar-refractivity contribution in [3.05, 3.63) is 29.8 Å². The van der Waals surface area contributed by atoms with E-state index in [1.54, 1.807) is 0 Å². The highest BCUT2D eigenvalue weighted by atomic mass is 32.1.